The molecule has 1 aliphatic carbocycles. The number of carbonyl (C=O) groups excluding carboxylic acids is 1. The standard InChI is InChI=1S/C12H18N2O/c1-4-14-9(3)13-12-10(14)6-5-8(2)7-11(12)15/h8H,4-7H2,1-3H3. The summed E-state index contributed by atoms with van der Waals surface area (Å²) >= 11 is 0. The highest BCUT2D eigenvalue weighted by atomic mass is 16.1. The number of fused-ring (bicyclic) bond motifs is 1. The molecule has 3 heteroatoms. The van der Waals surface area contributed by atoms with Crippen LogP contribution in [0.5, 0.6) is 0 Å². The maximum atomic E-state index is 11.9. The van der Waals surface area contributed by atoms with Crippen molar-refractivity contribution in [2.75, 3.05) is 0 Å². The van der Waals surface area contributed by atoms with Gasteiger partial charge >= 0.3 is 0 Å². The fourth-order valence-electron chi connectivity index (χ4n) is 2.40. The quantitative estimate of drug-likeness (QED) is 0.661. The Morgan fingerprint density at radius 1 is 1.53 bits per heavy atom. The van der Waals surface area contributed by atoms with Crippen molar-refractivity contribution in [3.63, 3.8) is 0 Å². The van der Waals surface area contributed by atoms with E-state index >= 15 is 0 Å². The number of hydrogen-bond donors (Lipinski definition) is 0. The van der Waals surface area contributed by atoms with E-state index in [2.05, 4.69) is 23.4 Å². The average molecular weight is 206 g/mol. The Morgan fingerprint density at radius 2 is 2.27 bits per heavy atom. The molecule has 0 amide bonds. The number of aromatic nitrogens is 2. The Morgan fingerprint density at radius 3 is 2.93 bits per heavy atom. The zero-order valence-electron chi connectivity index (χ0n) is 9.71. The van der Waals surface area contributed by atoms with Crippen molar-refractivity contribution in [3.8, 4) is 0 Å². The number of rotatable bonds is 1. The highest BCUT2D eigenvalue weighted by molar-refractivity contribution is 5.96. The van der Waals surface area contributed by atoms with Crippen molar-refractivity contribution >= 4 is 5.78 Å². The van der Waals surface area contributed by atoms with E-state index in [0.717, 1.165) is 36.6 Å². The molecule has 15 heavy (non-hydrogen) atoms. The van der Waals surface area contributed by atoms with Gasteiger partial charge in [0.15, 0.2) is 5.78 Å². The Kier molecular flexibility index (Phi) is 2.63. The summed E-state index contributed by atoms with van der Waals surface area (Å²) in [6.45, 7) is 7.14. The van der Waals surface area contributed by atoms with Crippen LogP contribution in [0.15, 0.2) is 0 Å². The molecule has 1 atom stereocenters. The Balaban J connectivity index is 2.47. The second-order valence-corrected chi connectivity index (χ2v) is 4.47. The second-order valence-electron chi connectivity index (χ2n) is 4.47. The van der Waals surface area contributed by atoms with Gasteiger partial charge in [-0.15, -0.1) is 0 Å². The Hall–Kier alpha value is -1.12. The van der Waals surface area contributed by atoms with Crippen LogP contribution >= 0.6 is 0 Å². The summed E-state index contributed by atoms with van der Waals surface area (Å²) in [6.07, 6.45) is 2.76. The van der Waals surface area contributed by atoms with Gasteiger partial charge in [0, 0.05) is 18.7 Å². The molecule has 1 unspecified atom stereocenters. The van der Waals surface area contributed by atoms with Gasteiger partial charge in [-0.05, 0) is 32.6 Å². The van der Waals surface area contributed by atoms with Crippen molar-refractivity contribution in [3.05, 3.63) is 17.2 Å². The molecule has 0 aliphatic heterocycles. The molecule has 1 heterocycles. The molecule has 0 N–H and O–H groups in total. The second kappa shape index (κ2) is 3.80. The van der Waals surface area contributed by atoms with E-state index in [1.54, 1.807) is 0 Å². The highest BCUT2D eigenvalue weighted by Crippen LogP contribution is 2.24. The minimum absolute atomic E-state index is 0.227. The van der Waals surface area contributed by atoms with Crippen molar-refractivity contribution in [1.82, 2.24) is 9.55 Å². The van der Waals surface area contributed by atoms with E-state index in [1.165, 1.54) is 0 Å². The van der Waals surface area contributed by atoms with Crippen molar-refractivity contribution in [2.24, 2.45) is 5.92 Å². The Bertz CT molecular complexity index is 393. The van der Waals surface area contributed by atoms with Crippen molar-refractivity contribution < 1.29 is 4.79 Å². The number of hydrogen-bond acceptors (Lipinski definition) is 2. The summed E-state index contributed by atoms with van der Waals surface area (Å²) in [5, 5.41) is 0. The van der Waals surface area contributed by atoms with E-state index in [0.29, 0.717) is 12.3 Å². The summed E-state index contributed by atoms with van der Waals surface area (Å²) in [7, 11) is 0. The summed E-state index contributed by atoms with van der Waals surface area (Å²) in [4.78, 5) is 16.3. The normalized spacial score (nSPS) is 21.3. The molecule has 1 aliphatic rings. The predicted octanol–water partition coefficient (Wildman–Crippen LogP) is 2.37. The zero-order chi connectivity index (χ0) is 11.0. The first-order valence-corrected chi connectivity index (χ1v) is 5.72. The number of carbonyl (C=O) groups is 1. The molecule has 3 nitrogen and oxygen atoms in total. The highest BCUT2D eigenvalue weighted by Gasteiger charge is 2.25. The molecule has 1 aromatic heterocycles. The van der Waals surface area contributed by atoms with Crippen LogP contribution in [0.3, 0.4) is 0 Å². The Labute approximate surface area is 90.5 Å². The average Bonchev–Trinajstić information content (AvgIpc) is 2.44. The largest absolute Gasteiger partial charge is 0.332 e. The molecular formula is C12H18N2O. The molecule has 0 spiro atoms. The lowest BCUT2D eigenvalue weighted by atomic mass is 10.0. The van der Waals surface area contributed by atoms with Crippen LogP contribution in [0.25, 0.3) is 0 Å². The molecule has 2 rings (SSSR count). The van der Waals surface area contributed by atoms with Crippen LogP contribution in [0.4, 0.5) is 0 Å². The monoisotopic (exact) mass is 206 g/mol. The van der Waals surface area contributed by atoms with E-state index in [4.69, 9.17) is 0 Å². The molecule has 0 radical (unpaired) electrons. The van der Waals surface area contributed by atoms with Gasteiger partial charge in [-0.3, -0.25) is 4.79 Å². The topological polar surface area (TPSA) is 34.9 Å². The smallest absolute Gasteiger partial charge is 0.183 e. The lowest BCUT2D eigenvalue weighted by Gasteiger charge is -2.07. The maximum absolute atomic E-state index is 11.9. The van der Waals surface area contributed by atoms with Crippen molar-refractivity contribution in [2.45, 2.75) is 46.6 Å². The lowest BCUT2D eigenvalue weighted by Crippen LogP contribution is -2.04. The van der Waals surface area contributed by atoms with Gasteiger partial charge in [0.25, 0.3) is 0 Å². The third-order valence-electron chi connectivity index (χ3n) is 3.25. The van der Waals surface area contributed by atoms with Crippen LogP contribution in [-0.4, -0.2) is 15.3 Å². The molecule has 0 bridgehead atoms. The first-order chi connectivity index (χ1) is 7.13. The molecule has 0 aromatic carbocycles. The van der Waals surface area contributed by atoms with Crippen LogP contribution < -0.4 is 0 Å². The molecule has 0 saturated carbocycles. The van der Waals surface area contributed by atoms with E-state index in [9.17, 15) is 4.79 Å². The van der Waals surface area contributed by atoms with Gasteiger partial charge in [-0.2, -0.15) is 0 Å². The van der Waals surface area contributed by atoms with E-state index in [-0.39, 0.29) is 5.78 Å². The van der Waals surface area contributed by atoms with E-state index < -0.39 is 0 Å². The van der Waals surface area contributed by atoms with Crippen molar-refractivity contribution in [1.29, 1.82) is 0 Å². The van der Waals surface area contributed by atoms with Crippen LogP contribution in [0.1, 0.15) is 48.7 Å². The van der Waals surface area contributed by atoms with Crippen LogP contribution in [0.2, 0.25) is 0 Å². The minimum Gasteiger partial charge on any atom is -0.332 e. The minimum atomic E-state index is 0.227. The molecular weight excluding hydrogens is 188 g/mol. The fourth-order valence-corrected chi connectivity index (χ4v) is 2.40. The van der Waals surface area contributed by atoms with Gasteiger partial charge in [0.05, 0.1) is 0 Å². The predicted molar refractivity (Wildman–Crippen MR) is 59.1 cm³/mol. The first kappa shape index (κ1) is 10.4. The zero-order valence-corrected chi connectivity index (χ0v) is 9.71. The van der Waals surface area contributed by atoms with Crippen LogP contribution in [0, 0.1) is 12.8 Å². The molecule has 82 valence electrons. The summed E-state index contributed by atoms with van der Waals surface area (Å²) < 4.78 is 2.17. The van der Waals surface area contributed by atoms with Gasteiger partial charge in [-0.25, -0.2) is 4.98 Å². The number of Topliss-reactive ketones (excluding diaryl/α,β-unsaturated/α-hetero) is 1. The van der Waals surface area contributed by atoms with E-state index in [1.807, 2.05) is 6.92 Å². The first-order valence-electron chi connectivity index (χ1n) is 5.72. The fraction of sp³-hybridized carbons (Fsp3) is 0.667. The third-order valence-corrected chi connectivity index (χ3v) is 3.25. The van der Waals surface area contributed by atoms with Gasteiger partial charge in [-0.1, -0.05) is 6.92 Å². The maximum Gasteiger partial charge on any atom is 0.183 e. The van der Waals surface area contributed by atoms with Gasteiger partial charge < -0.3 is 4.57 Å². The molecule has 1 aromatic rings. The summed E-state index contributed by atoms with van der Waals surface area (Å²) in [5.41, 5.74) is 1.89. The number of ketones is 1. The number of aryl methyl sites for hydroxylation is 1. The SMILES string of the molecule is CCn1c(C)nc2c1CCC(C)CC2=O. The van der Waals surface area contributed by atoms with Gasteiger partial charge in [0.1, 0.15) is 11.5 Å². The summed E-state index contributed by atoms with van der Waals surface area (Å²) in [6, 6.07) is 0. The van der Waals surface area contributed by atoms with Crippen LogP contribution in [-0.2, 0) is 13.0 Å². The number of imidazole rings is 1. The summed E-state index contributed by atoms with van der Waals surface area (Å²) in [5.74, 6) is 1.70. The molecule has 0 saturated heterocycles. The molecule has 0 fully saturated rings. The number of nitrogens with zero attached hydrogens (tertiary/aromatic N) is 2. The third kappa shape index (κ3) is 1.71. The lowest BCUT2D eigenvalue weighted by molar-refractivity contribution is 0.0962. The van der Waals surface area contributed by atoms with Gasteiger partial charge in [0.2, 0.25) is 0 Å².